The molecule has 2 rings (SSSR count). The summed E-state index contributed by atoms with van der Waals surface area (Å²) >= 11 is 0.998. The highest BCUT2D eigenvalue weighted by Crippen LogP contribution is 2.35. The van der Waals surface area contributed by atoms with Crippen LogP contribution < -0.4 is 9.47 Å². The number of halogens is 1. The molecule has 0 N–H and O–H groups in total. The Labute approximate surface area is 123 Å². The first kappa shape index (κ1) is 15.0. The fourth-order valence-electron chi connectivity index (χ4n) is 1.51. The largest absolute Gasteiger partial charge is 0.487 e. The first-order chi connectivity index (χ1) is 10.0. The third-order valence-corrected chi connectivity index (χ3v) is 3.59. The maximum atomic E-state index is 12.8. The van der Waals surface area contributed by atoms with Crippen LogP contribution in [0.5, 0.6) is 10.8 Å². The van der Waals surface area contributed by atoms with Crippen LogP contribution in [0.15, 0.2) is 30.3 Å². The molecule has 0 spiro atoms. The monoisotopic (exact) mass is 310 g/mol. The van der Waals surface area contributed by atoms with E-state index in [4.69, 9.17) is 9.47 Å². The van der Waals surface area contributed by atoms with E-state index in [2.05, 4.69) is 4.74 Å². The van der Waals surface area contributed by atoms with Gasteiger partial charge in [0.05, 0.1) is 19.8 Å². The average Bonchev–Trinajstić information content (AvgIpc) is 2.90. The Balaban J connectivity index is 2.26. The van der Waals surface area contributed by atoms with Gasteiger partial charge in [0.25, 0.3) is 0 Å². The Morgan fingerprint density at radius 3 is 2.33 bits per heavy atom. The van der Waals surface area contributed by atoms with Crippen molar-refractivity contribution >= 4 is 23.3 Å². The van der Waals surface area contributed by atoms with Crippen molar-refractivity contribution in [3.63, 3.8) is 0 Å². The summed E-state index contributed by atoms with van der Waals surface area (Å²) in [5.41, 5.74) is 0.164. The molecule has 0 aliphatic heterocycles. The second kappa shape index (κ2) is 6.36. The quantitative estimate of drug-likeness (QED) is 0.813. The van der Waals surface area contributed by atoms with E-state index in [0.717, 1.165) is 23.5 Å². The summed E-state index contributed by atoms with van der Waals surface area (Å²) in [5.74, 6) is -1.76. The van der Waals surface area contributed by atoms with E-state index in [1.54, 1.807) is 0 Å². The molecule has 0 bridgehead atoms. The molecular weight excluding hydrogens is 299 g/mol. The van der Waals surface area contributed by atoms with Gasteiger partial charge in [-0.2, -0.15) is 0 Å². The summed E-state index contributed by atoms with van der Waals surface area (Å²) in [6, 6.07) is 6.29. The molecule has 110 valence electrons. The number of methoxy groups -OCH3 is 2. The fraction of sp³-hybridized carbons (Fsp3) is 0.143. The van der Waals surface area contributed by atoms with Crippen molar-refractivity contribution in [2.24, 2.45) is 0 Å². The lowest BCUT2D eigenvalue weighted by Crippen LogP contribution is -2.10. The summed E-state index contributed by atoms with van der Waals surface area (Å²) in [7, 11) is 2.65. The van der Waals surface area contributed by atoms with Gasteiger partial charge in [0, 0.05) is 6.07 Å². The molecule has 0 aliphatic rings. The molecule has 1 aromatic carbocycles. The normalized spacial score (nSPS) is 10.0. The molecule has 0 amide bonds. The molecule has 0 radical (unpaired) electrons. The molecule has 0 aliphatic carbocycles. The van der Waals surface area contributed by atoms with Gasteiger partial charge in [0.2, 0.25) is 0 Å². The third-order valence-electron chi connectivity index (χ3n) is 2.53. The average molecular weight is 310 g/mol. The van der Waals surface area contributed by atoms with E-state index in [-0.39, 0.29) is 16.2 Å². The van der Waals surface area contributed by atoms with E-state index in [1.807, 2.05) is 0 Å². The number of hydrogen-bond donors (Lipinski definition) is 0. The first-order valence-electron chi connectivity index (χ1n) is 5.79. The van der Waals surface area contributed by atoms with E-state index < -0.39 is 17.8 Å². The molecule has 0 fully saturated rings. The smallest absolute Gasteiger partial charge is 0.352 e. The molecule has 0 saturated heterocycles. The standard InChI is InChI=1S/C14H11FO5S/c1-18-11-7-10(12(21-11)14(17)19-2)20-13(16)8-3-5-9(15)6-4-8/h3-7H,1-2H3. The van der Waals surface area contributed by atoms with Crippen LogP contribution in [0.2, 0.25) is 0 Å². The summed E-state index contributed by atoms with van der Waals surface area (Å²) in [4.78, 5) is 23.7. The number of esters is 2. The summed E-state index contributed by atoms with van der Waals surface area (Å²) in [6.45, 7) is 0. The van der Waals surface area contributed by atoms with Gasteiger partial charge in [0.1, 0.15) is 5.82 Å². The SMILES string of the molecule is COC(=O)c1sc(OC)cc1OC(=O)c1ccc(F)cc1. The molecule has 5 nitrogen and oxygen atoms in total. The van der Waals surface area contributed by atoms with Gasteiger partial charge >= 0.3 is 11.9 Å². The Bertz CT molecular complexity index is 663. The molecule has 21 heavy (non-hydrogen) atoms. The van der Waals surface area contributed by atoms with E-state index >= 15 is 0 Å². The van der Waals surface area contributed by atoms with Crippen molar-refractivity contribution in [2.45, 2.75) is 0 Å². The predicted molar refractivity (Wildman–Crippen MR) is 73.6 cm³/mol. The van der Waals surface area contributed by atoms with Crippen LogP contribution in [-0.4, -0.2) is 26.2 Å². The highest BCUT2D eigenvalue weighted by atomic mass is 32.1. The van der Waals surface area contributed by atoms with Crippen molar-refractivity contribution in [1.29, 1.82) is 0 Å². The third kappa shape index (κ3) is 3.38. The van der Waals surface area contributed by atoms with Gasteiger partial charge in [-0.05, 0) is 24.3 Å². The fourth-order valence-corrected chi connectivity index (χ4v) is 2.33. The van der Waals surface area contributed by atoms with Crippen molar-refractivity contribution in [3.8, 4) is 10.8 Å². The van der Waals surface area contributed by atoms with Crippen LogP contribution in [0.1, 0.15) is 20.0 Å². The van der Waals surface area contributed by atoms with Crippen LogP contribution in [0.3, 0.4) is 0 Å². The summed E-state index contributed by atoms with van der Waals surface area (Å²) < 4.78 is 27.6. The maximum absolute atomic E-state index is 12.8. The zero-order valence-corrected chi connectivity index (χ0v) is 12.0. The van der Waals surface area contributed by atoms with Crippen molar-refractivity contribution in [1.82, 2.24) is 0 Å². The topological polar surface area (TPSA) is 61.8 Å². The van der Waals surface area contributed by atoms with Gasteiger partial charge in [-0.3, -0.25) is 0 Å². The van der Waals surface area contributed by atoms with Gasteiger partial charge < -0.3 is 14.2 Å². The second-order valence-corrected chi connectivity index (χ2v) is 4.87. The minimum Gasteiger partial charge on any atom is -0.487 e. The number of carbonyl (C=O) groups is 2. The molecule has 1 heterocycles. The molecule has 7 heteroatoms. The zero-order valence-electron chi connectivity index (χ0n) is 11.2. The maximum Gasteiger partial charge on any atom is 0.352 e. The zero-order chi connectivity index (χ0) is 15.4. The minimum absolute atomic E-state index is 0.0398. The number of hydrogen-bond acceptors (Lipinski definition) is 6. The van der Waals surface area contributed by atoms with Crippen LogP contribution in [0, 0.1) is 5.82 Å². The van der Waals surface area contributed by atoms with E-state index in [1.165, 1.54) is 32.4 Å². The lowest BCUT2D eigenvalue weighted by molar-refractivity contribution is 0.0599. The molecule has 2 aromatic rings. The van der Waals surface area contributed by atoms with Crippen LogP contribution in [0.4, 0.5) is 4.39 Å². The molecule has 0 atom stereocenters. The number of ether oxygens (including phenoxy) is 3. The van der Waals surface area contributed by atoms with Crippen molar-refractivity contribution in [2.75, 3.05) is 14.2 Å². The Morgan fingerprint density at radius 1 is 1.10 bits per heavy atom. The number of rotatable bonds is 4. The van der Waals surface area contributed by atoms with Crippen LogP contribution in [-0.2, 0) is 4.74 Å². The lowest BCUT2D eigenvalue weighted by Gasteiger charge is -2.04. The van der Waals surface area contributed by atoms with Gasteiger partial charge in [-0.15, -0.1) is 0 Å². The molecule has 0 unspecified atom stereocenters. The van der Waals surface area contributed by atoms with Gasteiger partial charge in [0.15, 0.2) is 15.7 Å². The molecule has 1 aromatic heterocycles. The highest BCUT2D eigenvalue weighted by molar-refractivity contribution is 7.16. The van der Waals surface area contributed by atoms with Gasteiger partial charge in [-0.25, -0.2) is 14.0 Å². The summed E-state index contributed by atoms with van der Waals surface area (Å²) in [5, 5.41) is 0.400. The highest BCUT2D eigenvalue weighted by Gasteiger charge is 2.21. The van der Waals surface area contributed by atoms with Crippen LogP contribution in [0.25, 0.3) is 0 Å². The van der Waals surface area contributed by atoms with E-state index in [0.29, 0.717) is 5.06 Å². The Morgan fingerprint density at radius 2 is 1.76 bits per heavy atom. The van der Waals surface area contributed by atoms with Gasteiger partial charge in [-0.1, -0.05) is 11.3 Å². The number of benzene rings is 1. The molecular formula is C14H11FO5S. The predicted octanol–water partition coefficient (Wildman–Crippen LogP) is 2.90. The number of carbonyl (C=O) groups excluding carboxylic acids is 2. The Kier molecular flexibility index (Phi) is 4.54. The van der Waals surface area contributed by atoms with Crippen LogP contribution >= 0.6 is 11.3 Å². The lowest BCUT2D eigenvalue weighted by atomic mass is 10.2. The Hall–Kier alpha value is -2.41. The second-order valence-electron chi connectivity index (χ2n) is 3.85. The molecule has 0 saturated carbocycles. The van der Waals surface area contributed by atoms with E-state index in [9.17, 15) is 14.0 Å². The first-order valence-corrected chi connectivity index (χ1v) is 6.60. The van der Waals surface area contributed by atoms with Crippen molar-refractivity contribution < 1.29 is 28.2 Å². The minimum atomic E-state index is -0.708. The summed E-state index contributed by atoms with van der Waals surface area (Å²) in [6.07, 6.45) is 0. The van der Waals surface area contributed by atoms with Crippen molar-refractivity contribution in [3.05, 3.63) is 46.6 Å². The number of thiophene rings is 1.